The van der Waals surface area contributed by atoms with Gasteiger partial charge in [-0.05, 0) is 39.0 Å². The molecule has 36 heavy (non-hydrogen) atoms. The minimum atomic E-state index is -0.996. The number of fused-ring (bicyclic) bond motifs is 1. The largest absolute Gasteiger partial charge is 0.449 e. The van der Waals surface area contributed by atoms with Gasteiger partial charge in [-0.2, -0.15) is 0 Å². The highest BCUT2D eigenvalue weighted by Gasteiger charge is 2.21. The smallest absolute Gasteiger partial charge is 0.338 e. The number of rotatable bonds is 6. The molecule has 1 atom stereocenters. The van der Waals surface area contributed by atoms with Crippen molar-refractivity contribution in [3.05, 3.63) is 88.8 Å². The Balaban J connectivity index is 1.24. The first-order valence-electron chi connectivity index (χ1n) is 11.5. The Kier molecular flexibility index (Phi) is 6.35. The normalized spacial score (nSPS) is 11.9. The summed E-state index contributed by atoms with van der Waals surface area (Å²) in [6.45, 7) is 5.59. The van der Waals surface area contributed by atoms with Crippen molar-refractivity contribution in [1.82, 2.24) is 15.0 Å². The van der Waals surface area contributed by atoms with Gasteiger partial charge in [0, 0.05) is 16.5 Å². The molecule has 0 bridgehead atoms. The first kappa shape index (κ1) is 23.4. The Morgan fingerprint density at radius 2 is 1.58 bits per heavy atom. The molecular weight excluding hydrogens is 472 g/mol. The van der Waals surface area contributed by atoms with E-state index < -0.39 is 18.0 Å². The number of aromatic nitrogens is 3. The molecule has 0 radical (unpaired) electrons. The van der Waals surface area contributed by atoms with E-state index in [4.69, 9.17) is 4.74 Å². The molecule has 5 aromatic rings. The average Bonchev–Trinajstić information content (AvgIpc) is 3.51. The number of carbonyl (C=O) groups is 2. The Bertz CT molecular complexity index is 1550. The first-order valence-corrected chi connectivity index (χ1v) is 12.3. The number of H-pyrrole nitrogens is 1. The number of anilines is 1. The van der Waals surface area contributed by atoms with Crippen molar-refractivity contribution in [3.8, 4) is 22.6 Å². The first-order chi connectivity index (χ1) is 17.4. The molecule has 5 rings (SSSR count). The molecule has 2 N–H and O–H groups in total. The van der Waals surface area contributed by atoms with Crippen molar-refractivity contribution in [2.75, 3.05) is 5.32 Å². The van der Waals surface area contributed by atoms with Crippen LogP contribution in [0.4, 0.5) is 5.13 Å². The van der Waals surface area contributed by atoms with E-state index in [-0.39, 0.29) is 0 Å². The SMILES string of the molecule is Cc1ccc(-c2csc(NC(=O)C(C)OC(=O)c3ccc4nc(-c5ccc(C)cc5)[nH]c4c3)n2)cc1. The minimum absolute atomic E-state index is 0.331. The van der Waals surface area contributed by atoms with Gasteiger partial charge in [0.05, 0.1) is 22.3 Å². The number of hydrogen-bond acceptors (Lipinski definition) is 6. The Morgan fingerprint density at radius 1 is 0.917 bits per heavy atom. The molecule has 3 aromatic carbocycles. The van der Waals surface area contributed by atoms with Gasteiger partial charge in [0.1, 0.15) is 5.82 Å². The molecular formula is C28H24N4O3S. The lowest BCUT2D eigenvalue weighted by molar-refractivity contribution is -0.123. The standard InChI is InChI=1S/C28H24N4O3S/c1-16-4-8-19(9-5-16)24-15-36-28(31-24)32-26(33)18(3)35-27(34)21-12-13-22-23(14-21)30-25(29-22)20-10-6-17(2)7-11-20/h4-15,18H,1-3H3,(H,29,30)(H,31,32,33). The number of amides is 1. The summed E-state index contributed by atoms with van der Waals surface area (Å²) in [5.41, 5.74) is 6.81. The molecule has 0 saturated carbocycles. The van der Waals surface area contributed by atoms with E-state index in [2.05, 4.69) is 20.3 Å². The van der Waals surface area contributed by atoms with Gasteiger partial charge in [-0.3, -0.25) is 10.1 Å². The van der Waals surface area contributed by atoms with E-state index in [1.807, 2.05) is 67.8 Å². The number of hydrogen-bond donors (Lipinski definition) is 2. The number of benzene rings is 3. The maximum absolute atomic E-state index is 12.7. The second kappa shape index (κ2) is 9.75. The van der Waals surface area contributed by atoms with Crippen LogP contribution in [0.2, 0.25) is 0 Å². The second-order valence-electron chi connectivity index (χ2n) is 8.62. The molecule has 1 amide bonds. The fraction of sp³-hybridized carbons (Fsp3) is 0.143. The predicted molar refractivity (Wildman–Crippen MR) is 142 cm³/mol. The van der Waals surface area contributed by atoms with E-state index in [1.54, 1.807) is 18.2 Å². The molecule has 0 aliphatic carbocycles. The summed E-state index contributed by atoms with van der Waals surface area (Å²) in [7, 11) is 0. The molecule has 0 aliphatic heterocycles. The number of ether oxygens (including phenoxy) is 1. The molecule has 0 spiro atoms. The lowest BCUT2D eigenvalue weighted by atomic mass is 10.1. The number of esters is 1. The number of thiazole rings is 1. The third kappa shape index (κ3) is 5.04. The summed E-state index contributed by atoms with van der Waals surface area (Å²) in [6, 6.07) is 21.1. The zero-order valence-corrected chi connectivity index (χ0v) is 20.8. The van der Waals surface area contributed by atoms with E-state index in [9.17, 15) is 9.59 Å². The van der Waals surface area contributed by atoms with Gasteiger partial charge in [-0.25, -0.2) is 14.8 Å². The number of aryl methyl sites for hydroxylation is 2. The maximum atomic E-state index is 12.7. The summed E-state index contributed by atoms with van der Waals surface area (Å²) < 4.78 is 5.42. The number of aromatic amines is 1. The molecule has 0 fully saturated rings. The topological polar surface area (TPSA) is 97.0 Å². The van der Waals surface area contributed by atoms with E-state index in [0.29, 0.717) is 16.2 Å². The van der Waals surface area contributed by atoms with Gasteiger partial charge < -0.3 is 9.72 Å². The van der Waals surface area contributed by atoms with Gasteiger partial charge in [-0.15, -0.1) is 11.3 Å². The van der Waals surface area contributed by atoms with Crippen LogP contribution in [0.25, 0.3) is 33.7 Å². The number of nitrogens with one attached hydrogen (secondary N) is 2. The van der Waals surface area contributed by atoms with Crippen LogP contribution in [0, 0.1) is 13.8 Å². The summed E-state index contributed by atoms with van der Waals surface area (Å²) in [5.74, 6) is -0.320. The minimum Gasteiger partial charge on any atom is -0.449 e. The fourth-order valence-corrected chi connectivity index (χ4v) is 4.38. The van der Waals surface area contributed by atoms with Gasteiger partial charge in [-0.1, -0.05) is 59.7 Å². The van der Waals surface area contributed by atoms with Gasteiger partial charge in [0.25, 0.3) is 5.91 Å². The Labute approximate surface area is 212 Å². The number of imidazole rings is 1. The van der Waals surface area contributed by atoms with E-state index in [1.165, 1.54) is 23.8 Å². The van der Waals surface area contributed by atoms with Crippen LogP contribution >= 0.6 is 11.3 Å². The van der Waals surface area contributed by atoms with Crippen molar-refractivity contribution in [2.24, 2.45) is 0 Å². The Morgan fingerprint density at radius 3 is 2.28 bits per heavy atom. The van der Waals surface area contributed by atoms with Gasteiger partial charge in [0.15, 0.2) is 11.2 Å². The van der Waals surface area contributed by atoms with Crippen LogP contribution in [0.5, 0.6) is 0 Å². The van der Waals surface area contributed by atoms with Crippen molar-refractivity contribution in [1.29, 1.82) is 0 Å². The second-order valence-corrected chi connectivity index (χ2v) is 9.48. The van der Waals surface area contributed by atoms with E-state index >= 15 is 0 Å². The average molecular weight is 497 g/mol. The maximum Gasteiger partial charge on any atom is 0.338 e. The number of nitrogens with zero attached hydrogens (tertiary/aromatic N) is 2. The van der Waals surface area contributed by atoms with Crippen LogP contribution in [0.15, 0.2) is 72.1 Å². The van der Waals surface area contributed by atoms with Crippen molar-refractivity contribution in [2.45, 2.75) is 26.9 Å². The fourth-order valence-electron chi connectivity index (χ4n) is 3.66. The van der Waals surface area contributed by atoms with Gasteiger partial charge >= 0.3 is 5.97 Å². The summed E-state index contributed by atoms with van der Waals surface area (Å²) in [6.07, 6.45) is -0.996. The molecule has 0 saturated heterocycles. The van der Waals surface area contributed by atoms with Crippen LogP contribution in [0.1, 0.15) is 28.4 Å². The molecule has 7 nitrogen and oxygen atoms in total. The lowest BCUT2D eigenvalue weighted by Gasteiger charge is -2.12. The predicted octanol–water partition coefficient (Wildman–Crippen LogP) is 6.15. The third-order valence-electron chi connectivity index (χ3n) is 5.78. The van der Waals surface area contributed by atoms with Gasteiger partial charge in [0.2, 0.25) is 0 Å². The summed E-state index contributed by atoms with van der Waals surface area (Å²) in [4.78, 5) is 37.7. The van der Waals surface area contributed by atoms with Crippen LogP contribution in [0.3, 0.4) is 0 Å². The molecule has 0 aliphatic rings. The monoisotopic (exact) mass is 496 g/mol. The van der Waals surface area contributed by atoms with E-state index in [0.717, 1.165) is 33.7 Å². The summed E-state index contributed by atoms with van der Waals surface area (Å²) in [5, 5.41) is 5.05. The highest BCUT2D eigenvalue weighted by molar-refractivity contribution is 7.14. The molecule has 180 valence electrons. The van der Waals surface area contributed by atoms with Crippen LogP contribution in [-0.4, -0.2) is 32.9 Å². The highest BCUT2D eigenvalue weighted by atomic mass is 32.1. The third-order valence-corrected chi connectivity index (χ3v) is 6.53. The molecule has 2 aromatic heterocycles. The lowest BCUT2D eigenvalue weighted by Crippen LogP contribution is -2.29. The van der Waals surface area contributed by atoms with Crippen molar-refractivity contribution in [3.63, 3.8) is 0 Å². The molecule has 8 heteroatoms. The zero-order chi connectivity index (χ0) is 25.2. The van der Waals surface area contributed by atoms with Crippen molar-refractivity contribution < 1.29 is 14.3 Å². The summed E-state index contributed by atoms with van der Waals surface area (Å²) >= 11 is 1.32. The molecule has 1 unspecified atom stereocenters. The van der Waals surface area contributed by atoms with Crippen molar-refractivity contribution >= 4 is 39.4 Å². The quantitative estimate of drug-likeness (QED) is 0.275. The highest BCUT2D eigenvalue weighted by Crippen LogP contribution is 2.26. The number of carbonyl (C=O) groups excluding carboxylic acids is 2. The Hall–Kier alpha value is -4.30. The van der Waals surface area contributed by atoms with Crippen LogP contribution < -0.4 is 5.32 Å². The molecule has 2 heterocycles. The zero-order valence-electron chi connectivity index (χ0n) is 20.0. The van der Waals surface area contributed by atoms with Crippen LogP contribution in [-0.2, 0) is 9.53 Å².